The molecule has 1 N–H and O–H groups in total. The lowest BCUT2D eigenvalue weighted by atomic mass is 9.96. The fourth-order valence-electron chi connectivity index (χ4n) is 2.64. The van der Waals surface area contributed by atoms with Crippen molar-refractivity contribution in [3.05, 3.63) is 0 Å². The molecule has 0 aromatic carbocycles. The maximum absolute atomic E-state index is 11.7. The van der Waals surface area contributed by atoms with Gasteiger partial charge in [0, 0.05) is 13.1 Å². The Kier molecular flexibility index (Phi) is 5.60. The van der Waals surface area contributed by atoms with Crippen molar-refractivity contribution in [3.8, 4) is 0 Å². The molecule has 3 atom stereocenters. The Bertz CT molecular complexity index is 273. The Morgan fingerprint density at radius 1 is 1.39 bits per heavy atom. The summed E-state index contributed by atoms with van der Waals surface area (Å²) in [4.78, 5) is 14.2. The standard InChI is InChI=1S/C14H28N2O2/c1-11-9-16(10-12(11)2)8-6-7-14(3,15-4)13(17)18-5/h11-12,15H,6-10H2,1-5H3. The molecule has 3 unspecified atom stereocenters. The van der Waals surface area contributed by atoms with Gasteiger partial charge in [0.25, 0.3) is 0 Å². The van der Waals surface area contributed by atoms with Gasteiger partial charge in [0.2, 0.25) is 0 Å². The zero-order valence-corrected chi connectivity index (χ0v) is 12.5. The van der Waals surface area contributed by atoms with E-state index in [9.17, 15) is 4.79 Å². The molecule has 0 aliphatic carbocycles. The van der Waals surface area contributed by atoms with E-state index >= 15 is 0 Å². The van der Waals surface area contributed by atoms with Crippen LogP contribution in [0.15, 0.2) is 0 Å². The van der Waals surface area contributed by atoms with Gasteiger partial charge in [-0.3, -0.25) is 4.79 Å². The number of rotatable bonds is 6. The van der Waals surface area contributed by atoms with Gasteiger partial charge in [-0.05, 0) is 45.2 Å². The molecule has 0 bridgehead atoms. The van der Waals surface area contributed by atoms with Crippen molar-refractivity contribution in [2.45, 2.75) is 39.2 Å². The molecule has 0 aromatic rings. The van der Waals surface area contributed by atoms with E-state index in [0.717, 1.165) is 31.2 Å². The van der Waals surface area contributed by atoms with Crippen LogP contribution < -0.4 is 5.32 Å². The lowest BCUT2D eigenvalue weighted by Gasteiger charge is -2.27. The number of esters is 1. The molecule has 0 saturated carbocycles. The number of hydrogen-bond donors (Lipinski definition) is 1. The molecule has 106 valence electrons. The first-order valence-electron chi connectivity index (χ1n) is 6.92. The van der Waals surface area contributed by atoms with Crippen LogP contribution in [0, 0.1) is 11.8 Å². The smallest absolute Gasteiger partial charge is 0.325 e. The van der Waals surface area contributed by atoms with Crippen LogP contribution in [0.5, 0.6) is 0 Å². The van der Waals surface area contributed by atoms with Crippen LogP contribution >= 0.6 is 0 Å². The van der Waals surface area contributed by atoms with E-state index in [1.807, 2.05) is 14.0 Å². The Labute approximate surface area is 111 Å². The highest BCUT2D eigenvalue weighted by molar-refractivity contribution is 5.80. The minimum atomic E-state index is -0.550. The Morgan fingerprint density at radius 2 is 1.94 bits per heavy atom. The van der Waals surface area contributed by atoms with Crippen molar-refractivity contribution in [1.29, 1.82) is 0 Å². The maximum Gasteiger partial charge on any atom is 0.325 e. The minimum Gasteiger partial charge on any atom is -0.468 e. The van der Waals surface area contributed by atoms with Crippen molar-refractivity contribution in [2.24, 2.45) is 11.8 Å². The Hall–Kier alpha value is -0.610. The molecule has 1 rings (SSSR count). The molecule has 1 saturated heterocycles. The van der Waals surface area contributed by atoms with Gasteiger partial charge in [0.15, 0.2) is 0 Å². The van der Waals surface area contributed by atoms with Crippen LogP contribution in [-0.2, 0) is 9.53 Å². The number of likely N-dealkylation sites (tertiary alicyclic amines) is 1. The molecule has 0 spiro atoms. The fraction of sp³-hybridized carbons (Fsp3) is 0.929. The molecule has 1 aliphatic heterocycles. The number of nitrogens with zero attached hydrogens (tertiary/aromatic N) is 1. The quantitative estimate of drug-likeness (QED) is 0.731. The van der Waals surface area contributed by atoms with Crippen molar-refractivity contribution >= 4 is 5.97 Å². The largest absolute Gasteiger partial charge is 0.468 e. The highest BCUT2D eigenvalue weighted by atomic mass is 16.5. The number of ether oxygens (including phenoxy) is 1. The van der Waals surface area contributed by atoms with Crippen LogP contribution in [-0.4, -0.2) is 50.2 Å². The first-order valence-corrected chi connectivity index (χ1v) is 6.92. The number of likely N-dealkylation sites (N-methyl/N-ethyl adjacent to an activating group) is 1. The number of hydrogen-bond acceptors (Lipinski definition) is 4. The summed E-state index contributed by atoms with van der Waals surface area (Å²) in [5.74, 6) is 1.41. The Morgan fingerprint density at radius 3 is 2.39 bits per heavy atom. The van der Waals surface area contributed by atoms with E-state index in [1.54, 1.807) is 0 Å². The molecular formula is C14H28N2O2. The predicted octanol–water partition coefficient (Wildman–Crippen LogP) is 1.51. The van der Waals surface area contributed by atoms with Gasteiger partial charge in [-0.25, -0.2) is 0 Å². The van der Waals surface area contributed by atoms with E-state index in [2.05, 4.69) is 24.1 Å². The third kappa shape index (κ3) is 3.69. The lowest BCUT2D eigenvalue weighted by molar-refractivity contribution is -0.148. The summed E-state index contributed by atoms with van der Waals surface area (Å²) >= 11 is 0. The highest BCUT2D eigenvalue weighted by Gasteiger charge is 2.32. The summed E-state index contributed by atoms with van der Waals surface area (Å²) in [6, 6.07) is 0. The van der Waals surface area contributed by atoms with Crippen molar-refractivity contribution < 1.29 is 9.53 Å². The topological polar surface area (TPSA) is 41.6 Å². The summed E-state index contributed by atoms with van der Waals surface area (Å²) in [6.45, 7) is 10.00. The van der Waals surface area contributed by atoms with Gasteiger partial charge < -0.3 is 15.0 Å². The minimum absolute atomic E-state index is 0.173. The molecule has 4 heteroatoms. The normalized spacial score (nSPS) is 28.1. The summed E-state index contributed by atoms with van der Waals surface area (Å²) < 4.78 is 4.85. The molecule has 1 aliphatic rings. The zero-order valence-electron chi connectivity index (χ0n) is 12.5. The molecule has 1 fully saturated rings. The van der Waals surface area contributed by atoms with E-state index in [0.29, 0.717) is 0 Å². The molecule has 0 radical (unpaired) electrons. The fourth-order valence-corrected chi connectivity index (χ4v) is 2.64. The first-order chi connectivity index (χ1) is 8.42. The molecule has 0 amide bonds. The van der Waals surface area contributed by atoms with Gasteiger partial charge in [0.1, 0.15) is 5.54 Å². The average molecular weight is 256 g/mol. The number of carbonyl (C=O) groups is 1. The first kappa shape index (κ1) is 15.4. The SMILES string of the molecule is CNC(C)(CCCN1CC(C)C(C)C1)C(=O)OC. The van der Waals surface area contributed by atoms with Crippen molar-refractivity contribution in [1.82, 2.24) is 10.2 Å². The van der Waals surface area contributed by atoms with Gasteiger partial charge >= 0.3 is 5.97 Å². The van der Waals surface area contributed by atoms with Crippen LogP contribution in [0.3, 0.4) is 0 Å². The lowest BCUT2D eigenvalue weighted by Crippen LogP contribution is -2.48. The van der Waals surface area contributed by atoms with Crippen LogP contribution in [0.1, 0.15) is 33.6 Å². The molecule has 1 heterocycles. The molecule has 4 nitrogen and oxygen atoms in total. The van der Waals surface area contributed by atoms with E-state index < -0.39 is 5.54 Å². The second-order valence-electron chi connectivity index (χ2n) is 5.89. The van der Waals surface area contributed by atoms with Crippen LogP contribution in [0.4, 0.5) is 0 Å². The van der Waals surface area contributed by atoms with E-state index in [1.165, 1.54) is 20.2 Å². The highest BCUT2D eigenvalue weighted by Crippen LogP contribution is 2.23. The molecule has 0 aromatic heterocycles. The average Bonchev–Trinajstić information content (AvgIpc) is 2.67. The third-order valence-corrected chi connectivity index (χ3v) is 4.40. The third-order valence-electron chi connectivity index (χ3n) is 4.40. The second-order valence-corrected chi connectivity index (χ2v) is 5.89. The summed E-state index contributed by atoms with van der Waals surface area (Å²) in [5, 5.41) is 3.08. The number of carbonyl (C=O) groups excluding carboxylic acids is 1. The van der Waals surface area contributed by atoms with Crippen LogP contribution in [0.25, 0.3) is 0 Å². The van der Waals surface area contributed by atoms with Crippen molar-refractivity contribution in [2.75, 3.05) is 33.8 Å². The number of methoxy groups -OCH3 is 1. The maximum atomic E-state index is 11.7. The summed E-state index contributed by atoms with van der Waals surface area (Å²) in [5.41, 5.74) is -0.550. The van der Waals surface area contributed by atoms with E-state index in [4.69, 9.17) is 4.74 Å². The second kappa shape index (κ2) is 6.53. The summed E-state index contributed by atoms with van der Waals surface area (Å²) in [7, 11) is 3.26. The molecule has 18 heavy (non-hydrogen) atoms. The zero-order chi connectivity index (χ0) is 13.8. The van der Waals surface area contributed by atoms with Gasteiger partial charge in [-0.1, -0.05) is 13.8 Å². The van der Waals surface area contributed by atoms with Gasteiger partial charge in [-0.2, -0.15) is 0 Å². The van der Waals surface area contributed by atoms with Crippen LogP contribution in [0.2, 0.25) is 0 Å². The monoisotopic (exact) mass is 256 g/mol. The predicted molar refractivity (Wildman–Crippen MR) is 73.5 cm³/mol. The van der Waals surface area contributed by atoms with Gasteiger partial charge in [0.05, 0.1) is 7.11 Å². The van der Waals surface area contributed by atoms with E-state index in [-0.39, 0.29) is 5.97 Å². The number of nitrogens with one attached hydrogen (secondary N) is 1. The Balaban J connectivity index is 2.34. The van der Waals surface area contributed by atoms with Gasteiger partial charge in [-0.15, -0.1) is 0 Å². The molecular weight excluding hydrogens is 228 g/mol. The van der Waals surface area contributed by atoms with Crippen molar-refractivity contribution in [3.63, 3.8) is 0 Å². The summed E-state index contributed by atoms with van der Waals surface area (Å²) in [6.07, 6.45) is 1.83.